The monoisotopic (exact) mass is 435 g/mol. The summed E-state index contributed by atoms with van der Waals surface area (Å²) in [5.74, 6) is 0.691. The van der Waals surface area contributed by atoms with Crippen LogP contribution in [0.5, 0.6) is 0 Å². The molecule has 2 aromatic rings. The molecule has 6 nitrogen and oxygen atoms in total. The van der Waals surface area contributed by atoms with Crippen molar-refractivity contribution in [3.05, 3.63) is 39.4 Å². The van der Waals surface area contributed by atoms with Gasteiger partial charge in [0, 0.05) is 31.6 Å². The molecule has 7 heteroatoms. The normalized spacial score (nSPS) is 12.3. The van der Waals surface area contributed by atoms with Crippen molar-refractivity contribution >= 4 is 28.4 Å². The Labute approximate surface area is 184 Å². The van der Waals surface area contributed by atoms with E-state index in [0.717, 1.165) is 25.7 Å². The number of methoxy groups -OCH3 is 1. The Morgan fingerprint density at radius 2 is 2.00 bits per heavy atom. The smallest absolute Gasteiger partial charge is 0.261 e. The van der Waals surface area contributed by atoms with Crippen molar-refractivity contribution in [2.24, 2.45) is 0 Å². The fraction of sp³-hybridized carbons (Fsp3) is 0.609. The third-order valence-electron chi connectivity index (χ3n) is 5.42. The van der Waals surface area contributed by atoms with E-state index in [1.807, 2.05) is 18.7 Å². The first-order valence-electron chi connectivity index (χ1n) is 11.0. The summed E-state index contributed by atoms with van der Waals surface area (Å²) in [7, 11) is 1.63. The van der Waals surface area contributed by atoms with Crippen LogP contribution in [0.2, 0.25) is 5.02 Å². The fourth-order valence-corrected chi connectivity index (χ4v) is 3.97. The first-order chi connectivity index (χ1) is 14.5. The zero-order valence-electron chi connectivity index (χ0n) is 18.6. The van der Waals surface area contributed by atoms with Crippen LogP contribution in [0, 0.1) is 0 Å². The van der Waals surface area contributed by atoms with Crippen molar-refractivity contribution in [1.82, 2.24) is 14.5 Å². The van der Waals surface area contributed by atoms with E-state index in [-0.39, 0.29) is 17.5 Å². The highest BCUT2D eigenvalue weighted by molar-refractivity contribution is 6.31. The molecule has 30 heavy (non-hydrogen) atoms. The number of amides is 1. The minimum Gasteiger partial charge on any atom is -0.383 e. The van der Waals surface area contributed by atoms with E-state index in [2.05, 4.69) is 6.92 Å². The Bertz CT molecular complexity index is 897. The average molecular weight is 436 g/mol. The number of ether oxygens (including phenoxy) is 1. The molecule has 1 amide bonds. The molecule has 166 valence electrons. The summed E-state index contributed by atoms with van der Waals surface area (Å²) in [6.07, 6.45) is 5.33. The van der Waals surface area contributed by atoms with Gasteiger partial charge >= 0.3 is 0 Å². The van der Waals surface area contributed by atoms with Gasteiger partial charge in [-0.3, -0.25) is 14.2 Å². The molecule has 1 unspecified atom stereocenters. The Balaban J connectivity index is 2.47. The summed E-state index contributed by atoms with van der Waals surface area (Å²) in [6, 6.07) is 4.83. The number of hydrogen-bond donors (Lipinski definition) is 0. The van der Waals surface area contributed by atoms with Crippen LogP contribution in [0.1, 0.15) is 71.2 Å². The van der Waals surface area contributed by atoms with Crippen LogP contribution in [-0.4, -0.2) is 40.6 Å². The molecule has 0 N–H and O–H groups in total. The lowest BCUT2D eigenvalue weighted by Gasteiger charge is -2.32. The van der Waals surface area contributed by atoms with Crippen LogP contribution >= 0.6 is 11.6 Å². The molecule has 1 heterocycles. The SMILES string of the molecule is CCCCCCC(=O)N(CCOC)C(CC)c1nc2cc(Cl)ccc2c(=O)n1CC. The van der Waals surface area contributed by atoms with Crippen molar-refractivity contribution < 1.29 is 9.53 Å². The number of nitrogens with zero attached hydrogens (tertiary/aromatic N) is 3. The molecule has 0 saturated carbocycles. The number of halogens is 1. The Morgan fingerprint density at radius 1 is 1.23 bits per heavy atom. The van der Waals surface area contributed by atoms with Crippen molar-refractivity contribution in [2.75, 3.05) is 20.3 Å². The minimum absolute atomic E-state index is 0.0816. The Hall–Kier alpha value is -1.92. The first-order valence-corrected chi connectivity index (χ1v) is 11.3. The Kier molecular flexibility index (Phi) is 9.79. The summed E-state index contributed by atoms with van der Waals surface area (Å²) >= 11 is 6.14. The van der Waals surface area contributed by atoms with E-state index in [1.54, 1.807) is 29.9 Å². The van der Waals surface area contributed by atoms with Gasteiger partial charge in [0.15, 0.2) is 0 Å². The molecule has 0 radical (unpaired) electrons. The lowest BCUT2D eigenvalue weighted by molar-refractivity contribution is -0.135. The zero-order chi connectivity index (χ0) is 22.1. The molecular weight excluding hydrogens is 402 g/mol. The van der Waals surface area contributed by atoms with Gasteiger partial charge in [-0.15, -0.1) is 0 Å². The van der Waals surface area contributed by atoms with Gasteiger partial charge in [-0.2, -0.15) is 0 Å². The van der Waals surface area contributed by atoms with Crippen molar-refractivity contribution in [3.8, 4) is 0 Å². The maximum absolute atomic E-state index is 13.1. The molecule has 0 fully saturated rings. The highest BCUT2D eigenvalue weighted by Gasteiger charge is 2.27. The largest absolute Gasteiger partial charge is 0.383 e. The molecule has 2 rings (SSSR count). The fourth-order valence-electron chi connectivity index (χ4n) is 3.80. The van der Waals surface area contributed by atoms with E-state index in [4.69, 9.17) is 21.3 Å². The summed E-state index contributed by atoms with van der Waals surface area (Å²) in [5.41, 5.74) is 0.461. The van der Waals surface area contributed by atoms with E-state index < -0.39 is 0 Å². The van der Waals surface area contributed by atoms with E-state index in [0.29, 0.717) is 54.3 Å². The average Bonchev–Trinajstić information content (AvgIpc) is 2.73. The molecule has 1 atom stereocenters. The van der Waals surface area contributed by atoms with Crippen LogP contribution in [-0.2, 0) is 16.1 Å². The van der Waals surface area contributed by atoms with Crippen molar-refractivity contribution in [1.29, 1.82) is 0 Å². The summed E-state index contributed by atoms with van der Waals surface area (Å²) in [6.45, 7) is 7.48. The topological polar surface area (TPSA) is 64.4 Å². The maximum Gasteiger partial charge on any atom is 0.261 e. The summed E-state index contributed by atoms with van der Waals surface area (Å²) in [5, 5.41) is 1.07. The molecule has 0 saturated heterocycles. The van der Waals surface area contributed by atoms with Crippen LogP contribution in [0.15, 0.2) is 23.0 Å². The molecule has 0 aliphatic rings. The summed E-state index contributed by atoms with van der Waals surface area (Å²) < 4.78 is 6.94. The van der Waals surface area contributed by atoms with Crippen LogP contribution in [0.4, 0.5) is 0 Å². The number of rotatable bonds is 12. The number of unbranched alkanes of at least 4 members (excludes halogenated alkanes) is 3. The standard InChI is InChI=1S/C23H34ClN3O3/c1-5-8-9-10-11-21(28)27(14-15-30-4)20(6-2)22-25-19-16-17(24)12-13-18(19)23(29)26(22)7-3/h12-13,16,20H,5-11,14-15H2,1-4H3. The van der Waals surface area contributed by atoms with Gasteiger partial charge in [0.25, 0.3) is 5.56 Å². The molecule has 0 aliphatic heterocycles. The van der Waals surface area contributed by atoms with Gasteiger partial charge in [0.05, 0.1) is 23.6 Å². The first kappa shape index (κ1) is 24.4. The van der Waals surface area contributed by atoms with Crippen molar-refractivity contribution in [2.45, 2.75) is 71.9 Å². The van der Waals surface area contributed by atoms with Crippen molar-refractivity contribution in [3.63, 3.8) is 0 Å². The lowest BCUT2D eigenvalue weighted by atomic mass is 10.1. The second-order valence-corrected chi connectivity index (χ2v) is 7.93. The molecule has 1 aromatic heterocycles. The second-order valence-electron chi connectivity index (χ2n) is 7.50. The number of carbonyl (C=O) groups excluding carboxylic acids is 1. The predicted octanol–water partition coefficient (Wildman–Crippen LogP) is 4.97. The number of carbonyl (C=O) groups is 1. The molecule has 1 aromatic carbocycles. The maximum atomic E-state index is 13.1. The quantitative estimate of drug-likeness (QED) is 0.441. The highest BCUT2D eigenvalue weighted by atomic mass is 35.5. The highest BCUT2D eigenvalue weighted by Crippen LogP contribution is 2.26. The number of aromatic nitrogens is 2. The molecule has 0 spiro atoms. The van der Waals surface area contributed by atoms with Gasteiger partial charge in [-0.05, 0) is 38.0 Å². The van der Waals surface area contributed by atoms with Gasteiger partial charge in [-0.1, -0.05) is 44.7 Å². The third kappa shape index (κ3) is 5.82. The Morgan fingerprint density at radius 3 is 2.63 bits per heavy atom. The lowest BCUT2D eigenvalue weighted by Crippen LogP contribution is -2.40. The minimum atomic E-state index is -0.296. The number of fused-ring (bicyclic) bond motifs is 1. The second kappa shape index (κ2) is 12.1. The van der Waals surface area contributed by atoms with Crippen LogP contribution in [0.25, 0.3) is 10.9 Å². The van der Waals surface area contributed by atoms with Gasteiger partial charge < -0.3 is 9.64 Å². The zero-order valence-corrected chi connectivity index (χ0v) is 19.4. The summed E-state index contributed by atoms with van der Waals surface area (Å²) in [4.78, 5) is 32.9. The van der Waals surface area contributed by atoms with E-state index >= 15 is 0 Å². The predicted molar refractivity (Wildman–Crippen MR) is 122 cm³/mol. The molecule has 0 aliphatic carbocycles. The number of hydrogen-bond acceptors (Lipinski definition) is 4. The third-order valence-corrected chi connectivity index (χ3v) is 5.66. The molecular formula is C23H34ClN3O3. The van der Waals surface area contributed by atoms with Gasteiger partial charge in [-0.25, -0.2) is 4.98 Å². The molecule has 0 bridgehead atoms. The van der Waals surface area contributed by atoms with Gasteiger partial charge in [0.2, 0.25) is 5.91 Å². The van der Waals surface area contributed by atoms with Crippen LogP contribution < -0.4 is 5.56 Å². The van der Waals surface area contributed by atoms with E-state index in [1.165, 1.54) is 0 Å². The van der Waals surface area contributed by atoms with Gasteiger partial charge in [0.1, 0.15) is 5.82 Å². The van der Waals surface area contributed by atoms with E-state index in [9.17, 15) is 9.59 Å². The number of benzene rings is 1. The van der Waals surface area contributed by atoms with Crippen LogP contribution in [0.3, 0.4) is 0 Å².